The molecule has 0 saturated carbocycles. The van der Waals surface area contributed by atoms with E-state index in [0.29, 0.717) is 11.5 Å². The van der Waals surface area contributed by atoms with E-state index in [9.17, 15) is 9.30 Å². The van der Waals surface area contributed by atoms with Crippen LogP contribution in [0.2, 0.25) is 0 Å². The van der Waals surface area contributed by atoms with Crippen LogP contribution in [0.1, 0.15) is 5.56 Å². The van der Waals surface area contributed by atoms with Gasteiger partial charge in [0.05, 0.1) is 0 Å². The molecular weight excluding hydrogens is 221 g/mol. The highest BCUT2D eigenvalue weighted by Gasteiger charge is 1.99. The van der Waals surface area contributed by atoms with E-state index < -0.39 is 0 Å². The number of benzene rings is 2. The molecule has 0 atom stereocenters. The van der Waals surface area contributed by atoms with Crippen molar-refractivity contribution in [3.05, 3.63) is 64.8 Å². The molecule has 0 bridgehead atoms. The zero-order valence-electron chi connectivity index (χ0n) is 8.97. The van der Waals surface area contributed by atoms with Gasteiger partial charge in [-0.1, -0.05) is 17.3 Å². The molecule has 0 saturated heterocycles. The third kappa shape index (κ3) is 3.11. The molecule has 0 aliphatic carbocycles. The molecule has 2 rings (SSSR count). The lowest BCUT2D eigenvalue weighted by Gasteiger charge is -2.06. The largest absolute Gasteiger partial charge is 0.457 e. The Morgan fingerprint density at radius 3 is 2.53 bits per heavy atom. The predicted octanol–water partition coefficient (Wildman–Crippen LogP) is 3.88. The van der Waals surface area contributed by atoms with Gasteiger partial charge in [-0.15, -0.1) is 0 Å². The monoisotopic (exact) mass is 231 g/mol. The van der Waals surface area contributed by atoms with Crippen LogP contribution in [0.15, 0.2) is 53.7 Å². The Labute approximate surface area is 97.8 Å². The summed E-state index contributed by atoms with van der Waals surface area (Å²) < 4.78 is 18.2. The van der Waals surface area contributed by atoms with Gasteiger partial charge in [-0.25, -0.2) is 4.39 Å². The van der Waals surface area contributed by atoms with Crippen molar-refractivity contribution in [3.63, 3.8) is 0 Å². The summed E-state index contributed by atoms with van der Waals surface area (Å²) in [6.07, 6.45) is 0. The van der Waals surface area contributed by atoms with Gasteiger partial charge in [0.15, 0.2) is 0 Å². The molecule has 0 radical (unpaired) electrons. The Hall–Kier alpha value is -2.23. The number of nitrogens with zero attached hydrogens (tertiary/aromatic N) is 1. The summed E-state index contributed by atoms with van der Waals surface area (Å²) in [7, 11) is 0. The fraction of sp³-hybridized carbons (Fsp3) is 0.0769. The number of ether oxygens (including phenoxy) is 1. The maximum atomic E-state index is 12.7. The minimum Gasteiger partial charge on any atom is -0.457 e. The highest BCUT2D eigenvalue weighted by atomic mass is 19.1. The first kappa shape index (κ1) is 11.3. The fourth-order valence-corrected chi connectivity index (χ4v) is 1.42. The summed E-state index contributed by atoms with van der Waals surface area (Å²) in [5.74, 6) is 0.830. The molecular formula is C13H10FNO2. The molecule has 0 aromatic heterocycles. The molecule has 0 unspecified atom stereocenters. The van der Waals surface area contributed by atoms with E-state index in [1.165, 1.54) is 12.1 Å². The van der Waals surface area contributed by atoms with Crippen molar-refractivity contribution in [3.8, 4) is 11.5 Å². The minimum absolute atomic E-state index is 0.112. The molecule has 0 amide bonds. The highest BCUT2D eigenvalue weighted by molar-refractivity contribution is 5.34. The number of nitroso groups, excluding NO2 is 1. The summed E-state index contributed by atoms with van der Waals surface area (Å²) in [6.45, 7) is 0.112. The predicted molar refractivity (Wildman–Crippen MR) is 62.4 cm³/mol. The third-order valence-electron chi connectivity index (χ3n) is 2.19. The van der Waals surface area contributed by atoms with E-state index in [2.05, 4.69) is 5.18 Å². The number of halogens is 1. The van der Waals surface area contributed by atoms with Crippen LogP contribution in [0.4, 0.5) is 4.39 Å². The maximum Gasteiger partial charge on any atom is 0.127 e. The Morgan fingerprint density at radius 2 is 1.82 bits per heavy atom. The van der Waals surface area contributed by atoms with E-state index >= 15 is 0 Å². The van der Waals surface area contributed by atoms with Crippen LogP contribution in [0, 0.1) is 10.7 Å². The Balaban J connectivity index is 2.15. The SMILES string of the molecule is O=NCc1cccc(Oc2ccc(F)cc2)c1. The first-order chi connectivity index (χ1) is 8.28. The van der Waals surface area contributed by atoms with Crippen molar-refractivity contribution in [1.29, 1.82) is 0 Å². The topological polar surface area (TPSA) is 38.7 Å². The fourth-order valence-electron chi connectivity index (χ4n) is 1.42. The number of hydrogen-bond donors (Lipinski definition) is 0. The zero-order valence-corrected chi connectivity index (χ0v) is 8.97. The van der Waals surface area contributed by atoms with Crippen molar-refractivity contribution in [2.24, 2.45) is 5.18 Å². The van der Waals surface area contributed by atoms with Crippen LogP contribution in [0.25, 0.3) is 0 Å². The van der Waals surface area contributed by atoms with E-state index in [1.54, 1.807) is 36.4 Å². The average molecular weight is 231 g/mol. The lowest BCUT2D eigenvalue weighted by molar-refractivity contribution is 0.480. The normalized spacial score (nSPS) is 9.94. The van der Waals surface area contributed by atoms with Crippen molar-refractivity contribution in [2.45, 2.75) is 6.54 Å². The van der Waals surface area contributed by atoms with Crippen molar-refractivity contribution in [2.75, 3.05) is 0 Å². The second-order valence-corrected chi connectivity index (χ2v) is 3.49. The van der Waals surface area contributed by atoms with Gasteiger partial charge < -0.3 is 4.74 Å². The van der Waals surface area contributed by atoms with E-state index in [1.807, 2.05) is 0 Å². The quantitative estimate of drug-likeness (QED) is 0.749. The second kappa shape index (κ2) is 5.21. The molecule has 3 nitrogen and oxygen atoms in total. The zero-order chi connectivity index (χ0) is 12.1. The van der Waals surface area contributed by atoms with Gasteiger partial charge in [0.1, 0.15) is 23.9 Å². The smallest absolute Gasteiger partial charge is 0.127 e. The van der Waals surface area contributed by atoms with Crippen LogP contribution in [0.5, 0.6) is 11.5 Å². The van der Waals surface area contributed by atoms with E-state index in [0.717, 1.165) is 5.56 Å². The first-order valence-corrected chi connectivity index (χ1v) is 5.09. The highest BCUT2D eigenvalue weighted by Crippen LogP contribution is 2.22. The lowest BCUT2D eigenvalue weighted by Crippen LogP contribution is -1.86. The van der Waals surface area contributed by atoms with Crippen LogP contribution < -0.4 is 4.74 Å². The van der Waals surface area contributed by atoms with Crippen LogP contribution in [0.3, 0.4) is 0 Å². The molecule has 2 aromatic carbocycles. The van der Waals surface area contributed by atoms with Crippen molar-refractivity contribution >= 4 is 0 Å². The lowest BCUT2D eigenvalue weighted by atomic mass is 10.2. The Kier molecular flexibility index (Phi) is 3.45. The summed E-state index contributed by atoms with van der Waals surface area (Å²) >= 11 is 0. The molecule has 2 aromatic rings. The second-order valence-electron chi connectivity index (χ2n) is 3.49. The standard InChI is InChI=1S/C13H10FNO2/c14-11-4-6-12(7-5-11)17-13-3-1-2-10(8-13)9-15-16/h1-8H,9H2. The van der Waals surface area contributed by atoms with E-state index in [-0.39, 0.29) is 12.4 Å². The van der Waals surface area contributed by atoms with Gasteiger partial charge >= 0.3 is 0 Å². The molecule has 17 heavy (non-hydrogen) atoms. The number of rotatable bonds is 4. The van der Waals surface area contributed by atoms with Gasteiger partial charge in [-0.05, 0) is 42.0 Å². The molecule has 86 valence electrons. The van der Waals surface area contributed by atoms with Crippen LogP contribution in [-0.2, 0) is 6.54 Å². The first-order valence-electron chi connectivity index (χ1n) is 5.09. The molecule has 4 heteroatoms. The molecule has 0 heterocycles. The molecule has 0 N–H and O–H groups in total. The molecule has 0 aliphatic heterocycles. The van der Waals surface area contributed by atoms with Gasteiger partial charge in [0, 0.05) is 0 Å². The average Bonchev–Trinajstić information content (AvgIpc) is 2.33. The van der Waals surface area contributed by atoms with E-state index in [4.69, 9.17) is 4.74 Å². The van der Waals surface area contributed by atoms with Crippen LogP contribution in [-0.4, -0.2) is 0 Å². The molecule has 0 fully saturated rings. The third-order valence-corrected chi connectivity index (χ3v) is 2.19. The van der Waals surface area contributed by atoms with Crippen LogP contribution >= 0.6 is 0 Å². The Morgan fingerprint density at radius 1 is 1.06 bits per heavy atom. The summed E-state index contributed by atoms with van der Waals surface area (Å²) in [4.78, 5) is 10.1. The summed E-state index contributed by atoms with van der Waals surface area (Å²) in [5.41, 5.74) is 0.777. The Bertz CT molecular complexity index is 511. The van der Waals surface area contributed by atoms with Gasteiger partial charge in [0.25, 0.3) is 0 Å². The van der Waals surface area contributed by atoms with Crippen molar-refractivity contribution < 1.29 is 9.13 Å². The van der Waals surface area contributed by atoms with Crippen molar-refractivity contribution in [1.82, 2.24) is 0 Å². The number of hydrogen-bond acceptors (Lipinski definition) is 3. The molecule has 0 aliphatic rings. The molecule has 0 spiro atoms. The minimum atomic E-state index is -0.309. The summed E-state index contributed by atoms with van der Waals surface area (Å²) in [6, 6.07) is 12.8. The van der Waals surface area contributed by atoms with Gasteiger partial charge in [0.2, 0.25) is 0 Å². The van der Waals surface area contributed by atoms with Gasteiger partial charge in [-0.2, -0.15) is 4.91 Å². The summed E-state index contributed by atoms with van der Waals surface area (Å²) in [5, 5.41) is 2.81. The van der Waals surface area contributed by atoms with Gasteiger partial charge in [-0.3, -0.25) is 0 Å². The maximum absolute atomic E-state index is 12.7.